The zero-order valence-electron chi connectivity index (χ0n) is 11.8. The van der Waals surface area contributed by atoms with E-state index in [1.54, 1.807) is 19.2 Å². The number of amides is 1. The second-order valence-corrected chi connectivity index (χ2v) is 5.37. The molecule has 0 unspecified atom stereocenters. The van der Waals surface area contributed by atoms with Crippen molar-refractivity contribution < 1.29 is 18.3 Å². The highest BCUT2D eigenvalue weighted by Crippen LogP contribution is 2.25. The first-order chi connectivity index (χ1) is 10.4. The molecule has 0 bridgehead atoms. The fraction of sp³-hybridized carbons (Fsp3) is 0.286. The number of hydrogen-bond acceptors (Lipinski definition) is 5. The molecule has 8 heteroatoms. The third-order valence-corrected chi connectivity index (χ3v) is 3.77. The number of nitrogens with two attached hydrogens (primary N) is 1. The summed E-state index contributed by atoms with van der Waals surface area (Å²) in [4.78, 5) is 15.9. The van der Waals surface area contributed by atoms with E-state index in [4.69, 9.17) is 10.5 Å². The summed E-state index contributed by atoms with van der Waals surface area (Å²) in [6.07, 6.45) is 0. The largest absolute Gasteiger partial charge is 0.497 e. The van der Waals surface area contributed by atoms with E-state index in [0.29, 0.717) is 10.8 Å². The van der Waals surface area contributed by atoms with Gasteiger partial charge in [0.05, 0.1) is 20.2 Å². The van der Waals surface area contributed by atoms with Crippen molar-refractivity contribution in [1.29, 1.82) is 0 Å². The molecule has 1 heterocycles. The van der Waals surface area contributed by atoms with Crippen molar-refractivity contribution in [3.05, 3.63) is 35.3 Å². The lowest BCUT2D eigenvalue weighted by atomic mass is 10.2. The topological polar surface area (TPSA) is 77.2 Å². The van der Waals surface area contributed by atoms with Gasteiger partial charge in [-0.1, -0.05) is 0 Å². The Bertz CT molecular complexity index is 644. The molecule has 0 aliphatic heterocycles. The van der Waals surface area contributed by atoms with E-state index >= 15 is 0 Å². The molecule has 5 nitrogen and oxygen atoms in total. The van der Waals surface area contributed by atoms with E-state index < -0.39 is 24.9 Å². The van der Waals surface area contributed by atoms with Crippen molar-refractivity contribution in [2.75, 3.05) is 20.2 Å². The summed E-state index contributed by atoms with van der Waals surface area (Å²) in [6, 6.07) is 7.17. The van der Waals surface area contributed by atoms with Crippen molar-refractivity contribution in [3.8, 4) is 16.3 Å². The molecule has 0 atom stereocenters. The lowest BCUT2D eigenvalue weighted by molar-refractivity contribution is 0.0118. The molecular formula is C14H15F2N3O2S. The number of hydrogen-bond donors (Lipinski definition) is 2. The first-order valence-corrected chi connectivity index (χ1v) is 7.29. The Morgan fingerprint density at radius 3 is 2.68 bits per heavy atom. The van der Waals surface area contributed by atoms with Crippen LogP contribution in [0.4, 0.5) is 8.78 Å². The Labute approximate surface area is 130 Å². The van der Waals surface area contributed by atoms with E-state index in [-0.39, 0.29) is 5.69 Å². The van der Waals surface area contributed by atoms with E-state index in [0.717, 1.165) is 5.56 Å². The van der Waals surface area contributed by atoms with Gasteiger partial charge >= 0.3 is 0 Å². The number of benzene rings is 1. The molecule has 0 spiro atoms. The predicted molar refractivity (Wildman–Crippen MR) is 80.4 cm³/mol. The maximum absolute atomic E-state index is 13.0. The number of thiazole rings is 1. The Morgan fingerprint density at radius 1 is 1.41 bits per heavy atom. The maximum Gasteiger partial charge on any atom is 0.277 e. The van der Waals surface area contributed by atoms with Gasteiger partial charge in [-0.15, -0.1) is 11.3 Å². The van der Waals surface area contributed by atoms with Gasteiger partial charge in [0.1, 0.15) is 16.5 Å². The fourth-order valence-corrected chi connectivity index (χ4v) is 2.42. The zero-order chi connectivity index (χ0) is 16.2. The van der Waals surface area contributed by atoms with Crippen LogP contribution in [0.15, 0.2) is 29.6 Å². The Kier molecular flexibility index (Phi) is 5.04. The molecule has 0 aliphatic carbocycles. The summed E-state index contributed by atoms with van der Waals surface area (Å²) in [5, 5.41) is 4.28. The summed E-state index contributed by atoms with van der Waals surface area (Å²) in [5.41, 5.74) is 5.83. The van der Waals surface area contributed by atoms with Crippen molar-refractivity contribution >= 4 is 17.2 Å². The highest BCUT2D eigenvalue weighted by Gasteiger charge is 2.27. The van der Waals surface area contributed by atoms with Crippen LogP contribution >= 0.6 is 11.3 Å². The van der Waals surface area contributed by atoms with E-state index in [1.165, 1.54) is 16.7 Å². The highest BCUT2D eigenvalue weighted by atomic mass is 32.1. The average Bonchev–Trinajstić information content (AvgIpc) is 3.03. The molecule has 0 saturated carbocycles. The van der Waals surface area contributed by atoms with Crippen LogP contribution in [0.5, 0.6) is 5.75 Å². The maximum atomic E-state index is 13.0. The van der Waals surface area contributed by atoms with Crippen molar-refractivity contribution in [3.63, 3.8) is 0 Å². The summed E-state index contributed by atoms with van der Waals surface area (Å²) in [6.45, 7) is -1.63. The Hall–Kier alpha value is -2.06. The van der Waals surface area contributed by atoms with Crippen LogP contribution in [0.3, 0.4) is 0 Å². The predicted octanol–water partition coefficient (Wildman–Crippen LogP) is 2.14. The van der Waals surface area contributed by atoms with E-state index in [9.17, 15) is 13.6 Å². The Balaban J connectivity index is 2.05. The number of nitrogens with zero attached hydrogens (tertiary/aromatic N) is 1. The normalized spacial score (nSPS) is 11.3. The van der Waals surface area contributed by atoms with Gasteiger partial charge in [-0.05, 0) is 24.3 Å². The van der Waals surface area contributed by atoms with Crippen LogP contribution in [-0.4, -0.2) is 37.0 Å². The quantitative estimate of drug-likeness (QED) is 0.852. The lowest BCUT2D eigenvalue weighted by Gasteiger charge is -2.13. The van der Waals surface area contributed by atoms with Crippen LogP contribution in [0.2, 0.25) is 0 Å². The number of alkyl halides is 2. The van der Waals surface area contributed by atoms with Gasteiger partial charge in [0.2, 0.25) is 0 Å². The van der Waals surface area contributed by atoms with Crippen LogP contribution in [0.25, 0.3) is 10.6 Å². The molecule has 0 saturated heterocycles. The number of nitrogens with one attached hydrogen (secondary N) is 1. The number of methoxy groups -OCH3 is 1. The second-order valence-electron chi connectivity index (χ2n) is 4.51. The summed E-state index contributed by atoms with van der Waals surface area (Å²) < 4.78 is 31.1. The first-order valence-electron chi connectivity index (χ1n) is 6.41. The first kappa shape index (κ1) is 16.3. The molecule has 3 N–H and O–H groups in total. The molecule has 22 heavy (non-hydrogen) atoms. The zero-order valence-corrected chi connectivity index (χ0v) is 12.6. The number of aromatic nitrogens is 1. The van der Waals surface area contributed by atoms with Crippen LogP contribution in [0.1, 0.15) is 10.5 Å². The van der Waals surface area contributed by atoms with E-state index in [2.05, 4.69) is 10.3 Å². The van der Waals surface area contributed by atoms with Crippen LogP contribution < -0.4 is 15.8 Å². The smallest absolute Gasteiger partial charge is 0.277 e. The van der Waals surface area contributed by atoms with Crippen LogP contribution in [-0.2, 0) is 0 Å². The van der Waals surface area contributed by atoms with Gasteiger partial charge in [-0.25, -0.2) is 13.8 Å². The molecule has 118 valence electrons. The summed E-state index contributed by atoms with van der Waals surface area (Å²) in [7, 11) is 1.57. The van der Waals surface area contributed by atoms with Gasteiger partial charge in [0.25, 0.3) is 11.8 Å². The van der Waals surface area contributed by atoms with Crippen molar-refractivity contribution in [1.82, 2.24) is 10.3 Å². The Morgan fingerprint density at radius 2 is 2.09 bits per heavy atom. The summed E-state index contributed by atoms with van der Waals surface area (Å²) >= 11 is 1.26. The minimum Gasteiger partial charge on any atom is -0.497 e. The number of ether oxygens (including phenoxy) is 1. The third-order valence-electron chi connectivity index (χ3n) is 2.88. The number of carbonyl (C=O) groups is 1. The molecule has 2 rings (SSSR count). The highest BCUT2D eigenvalue weighted by molar-refractivity contribution is 7.13. The molecular weight excluding hydrogens is 312 g/mol. The molecule has 1 aromatic heterocycles. The minimum absolute atomic E-state index is 0.101. The summed E-state index contributed by atoms with van der Waals surface area (Å²) in [5.74, 6) is -3.06. The fourth-order valence-electron chi connectivity index (χ4n) is 1.62. The third kappa shape index (κ3) is 3.99. The van der Waals surface area contributed by atoms with Gasteiger partial charge in [0.15, 0.2) is 0 Å². The van der Waals surface area contributed by atoms with Gasteiger partial charge in [0, 0.05) is 10.9 Å². The number of carbonyl (C=O) groups excluding carboxylic acids is 1. The SMILES string of the molecule is COc1ccc(-c2nc(C(=O)NCC(F)(F)CN)cs2)cc1. The second kappa shape index (κ2) is 6.80. The molecule has 0 radical (unpaired) electrons. The van der Waals surface area contributed by atoms with Crippen molar-refractivity contribution in [2.24, 2.45) is 5.73 Å². The lowest BCUT2D eigenvalue weighted by Crippen LogP contribution is -2.41. The molecule has 0 fully saturated rings. The number of rotatable bonds is 6. The molecule has 2 aromatic rings. The minimum atomic E-state index is -3.12. The van der Waals surface area contributed by atoms with Gasteiger partial charge in [-0.3, -0.25) is 4.79 Å². The molecule has 1 aromatic carbocycles. The van der Waals surface area contributed by atoms with Crippen molar-refractivity contribution in [2.45, 2.75) is 5.92 Å². The monoisotopic (exact) mass is 327 g/mol. The molecule has 1 amide bonds. The number of halogens is 2. The van der Waals surface area contributed by atoms with Gasteiger partial charge in [-0.2, -0.15) is 0 Å². The van der Waals surface area contributed by atoms with E-state index in [1.807, 2.05) is 12.1 Å². The standard InChI is InChI=1S/C14H15F2N3O2S/c1-21-10-4-2-9(3-5-10)13-19-11(6-22-13)12(20)18-8-14(15,16)7-17/h2-6H,7-8,17H2,1H3,(H,18,20). The van der Waals surface area contributed by atoms with Gasteiger partial charge < -0.3 is 15.8 Å². The average molecular weight is 327 g/mol. The molecule has 0 aliphatic rings. The van der Waals surface area contributed by atoms with Crippen LogP contribution in [0, 0.1) is 0 Å².